The largest absolute Gasteiger partial charge is 0.343 e. The van der Waals surface area contributed by atoms with E-state index < -0.39 is 0 Å². The third-order valence-electron chi connectivity index (χ3n) is 5.53. The fourth-order valence-corrected chi connectivity index (χ4v) is 4.07. The number of piperidine rings is 1. The number of likely N-dealkylation sites (tertiary alicyclic amines) is 1. The number of carbonyl (C=O) groups is 1. The molecule has 2 aromatic heterocycles. The maximum Gasteiger partial charge on any atom is 0.219 e. The van der Waals surface area contributed by atoms with Gasteiger partial charge in [-0.1, -0.05) is 30.3 Å². The number of rotatable bonds is 5. The van der Waals surface area contributed by atoms with Gasteiger partial charge in [0.15, 0.2) is 0 Å². The SMILES string of the molecule is CCn1cc(-c2c(-c3ccccc3)ncn2C[C@@H]2CCCN(C(C)=O)C2)cn1. The van der Waals surface area contributed by atoms with E-state index in [4.69, 9.17) is 4.98 Å². The standard InChI is InChI=1S/C22H27N5O/c1-3-27-15-20(12-24-27)22-21(19-9-5-4-6-10-19)23-16-26(22)14-18-8-7-11-25(13-18)17(2)28/h4-6,9-10,12,15-16,18H,3,7-8,11,13-14H2,1-2H3/t18-/m1/s1. The molecule has 28 heavy (non-hydrogen) atoms. The lowest BCUT2D eigenvalue weighted by molar-refractivity contribution is -0.130. The summed E-state index contributed by atoms with van der Waals surface area (Å²) in [6.45, 7) is 7.15. The predicted octanol–water partition coefficient (Wildman–Crippen LogP) is 3.69. The van der Waals surface area contributed by atoms with Crippen molar-refractivity contribution in [2.24, 2.45) is 5.92 Å². The number of imidazole rings is 1. The Hall–Kier alpha value is -2.89. The number of aryl methyl sites for hydroxylation is 1. The number of benzene rings is 1. The zero-order valence-electron chi connectivity index (χ0n) is 16.6. The Morgan fingerprint density at radius 1 is 1.21 bits per heavy atom. The highest BCUT2D eigenvalue weighted by Gasteiger charge is 2.24. The van der Waals surface area contributed by atoms with E-state index in [-0.39, 0.29) is 5.91 Å². The quantitative estimate of drug-likeness (QED) is 0.681. The summed E-state index contributed by atoms with van der Waals surface area (Å²) in [7, 11) is 0. The molecule has 3 aromatic rings. The summed E-state index contributed by atoms with van der Waals surface area (Å²) in [6.07, 6.45) is 8.15. The first-order valence-electron chi connectivity index (χ1n) is 10.0. The number of nitrogens with zero attached hydrogens (tertiary/aromatic N) is 5. The van der Waals surface area contributed by atoms with Gasteiger partial charge in [0.25, 0.3) is 0 Å². The maximum absolute atomic E-state index is 11.8. The highest BCUT2D eigenvalue weighted by atomic mass is 16.2. The van der Waals surface area contributed by atoms with Crippen LogP contribution in [0.2, 0.25) is 0 Å². The molecule has 1 aromatic carbocycles. The molecule has 4 rings (SSSR count). The van der Waals surface area contributed by atoms with Crippen LogP contribution in [0.1, 0.15) is 26.7 Å². The van der Waals surface area contributed by atoms with Crippen molar-refractivity contribution in [1.82, 2.24) is 24.2 Å². The smallest absolute Gasteiger partial charge is 0.219 e. The molecule has 0 aliphatic carbocycles. The predicted molar refractivity (Wildman–Crippen MR) is 110 cm³/mol. The molecular formula is C22H27N5O. The molecule has 1 aliphatic heterocycles. The summed E-state index contributed by atoms with van der Waals surface area (Å²) >= 11 is 0. The molecule has 1 amide bonds. The average Bonchev–Trinajstić information content (AvgIpc) is 3.35. The Kier molecular flexibility index (Phi) is 5.28. The molecule has 0 bridgehead atoms. The van der Waals surface area contributed by atoms with Crippen LogP contribution in [0.25, 0.3) is 22.5 Å². The van der Waals surface area contributed by atoms with Crippen LogP contribution in [0, 0.1) is 5.92 Å². The van der Waals surface area contributed by atoms with Crippen LogP contribution in [0.15, 0.2) is 49.1 Å². The Morgan fingerprint density at radius 2 is 2.04 bits per heavy atom. The summed E-state index contributed by atoms with van der Waals surface area (Å²) in [6, 6.07) is 10.3. The fourth-order valence-electron chi connectivity index (χ4n) is 4.07. The molecule has 3 heterocycles. The molecule has 0 saturated carbocycles. The van der Waals surface area contributed by atoms with Crippen LogP contribution >= 0.6 is 0 Å². The van der Waals surface area contributed by atoms with E-state index in [1.807, 2.05) is 40.3 Å². The Balaban J connectivity index is 1.69. The van der Waals surface area contributed by atoms with Gasteiger partial charge in [0.1, 0.15) is 0 Å². The fraction of sp³-hybridized carbons (Fsp3) is 0.409. The van der Waals surface area contributed by atoms with Crippen molar-refractivity contribution in [3.63, 3.8) is 0 Å². The summed E-state index contributed by atoms with van der Waals surface area (Å²) in [5, 5.41) is 4.47. The number of hydrogen-bond donors (Lipinski definition) is 0. The maximum atomic E-state index is 11.8. The van der Waals surface area contributed by atoms with Crippen LogP contribution in [-0.2, 0) is 17.9 Å². The minimum Gasteiger partial charge on any atom is -0.343 e. The first kappa shape index (κ1) is 18.5. The van der Waals surface area contributed by atoms with Gasteiger partial charge in [0.05, 0.1) is 23.9 Å². The van der Waals surface area contributed by atoms with Crippen LogP contribution in [0.5, 0.6) is 0 Å². The van der Waals surface area contributed by atoms with Crippen LogP contribution in [0.3, 0.4) is 0 Å². The molecule has 1 saturated heterocycles. The minimum absolute atomic E-state index is 0.171. The van der Waals surface area contributed by atoms with Crippen molar-refractivity contribution in [2.75, 3.05) is 13.1 Å². The average molecular weight is 377 g/mol. The molecule has 1 fully saturated rings. The van der Waals surface area contributed by atoms with Gasteiger partial charge >= 0.3 is 0 Å². The lowest BCUT2D eigenvalue weighted by Gasteiger charge is -2.32. The molecule has 0 unspecified atom stereocenters. The first-order valence-corrected chi connectivity index (χ1v) is 10.0. The minimum atomic E-state index is 0.171. The van der Waals surface area contributed by atoms with Crippen molar-refractivity contribution >= 4 is 5.91 Å². The van der Waals surface area contributed by atoms with Gasteiger partial charge in [0.2, 0.25) is 5.91 Å². The van der Waals surface area contributed by atoms with E-state index in [1.54, 1.807) is 6.92 Å². The van der Waals surface area contributed by atoms with Crippen molar-refractivity contribution in [3.8, 4) is 22.5 Å². The van der Waals surface area contributed by atoms with Gasteiger partial charge in [-0.15, -0.1) is 0 Å². The molecule has 0 radical (unpaired) electrons. The van der Waals surface area contributed by atoms with Gasteiger partial charge in [-0.25, -0.2) is 4.98 Å². The summed E-state index contributed by atoms with van der Waals surface area (Å²) < 4.78 is 4.19. The summed E-state index contributed by atoms with van der Waals surface area (Å²) in [5.41, 5.74) is 4.27. The molecule has 6 nitrogen and oxygen atoms in total. The first-order chi connectivity index (χ1) is 13.7. The van der Waals surface area contributed by atoms with Crippen LogP contribution < -0.4 is 0 Å². The van der Waals surface area contributed by atoms with Gasteiger partial charge < -0.3 is 9.47 Å². The molecule has 146 valence electrons. The normalized spacial score (nSPS) is 17.1. The van der Waals surface area contributed by atoms with E-state index in [0.717, 1.165) is 61.5 Å². The second kappa shape index (κ2) is 8.00. The van der Waals surface area contributed by atoms with Crippen LogP contribution in [0.4, 0.5) is 0 Å². The van der Waals surface area contributed by atoms with Gasteiger partial charge in [-0.3, -0.25) is 9.48 Å². The highest BCUT2D eigenvalue weighted by molar-refractivity contribution is 5.78. The summed E-state index contributed by atoms with van der Waals surface area (Å²) in [5.74, 6) is 0.611. The van der Waals surface area contributed by atoms with Gasteiger partial charge in [0, 0.05) is 50.4 Å². The van der Waals surface area contributed by atoms with Gasteiger partial charge in [-0.2, -0.15) is 5.10 Å². The number of carbonyl (C=O) groups excluding carboxylic acids is 1. The van der Waals surface area contributed by atoms with Gasteiger partial charge in [-0.05, 0) is 25.7 Å². The monoisotopic (exact) mass is 377 g/mol. The van der Waals surface area contributed by atoms with E-state index in [2.05, 4.69) is 34.9 Å². The molecule has 0 spiro atoms. The topological polar surface area (TPSA) is 56.0 Å². The summed E-state index contributed by atoms with van der Waals surface area (Å²) in [4.78, 5) is 18.5. The number of hydrogen-bond acceptors (Lipinski definition) is 3. The van der Waals surface area contributed by atoms with E-state index >= 15 is 0 Å². The van der Waals surface area contributed by atoms with E-state index in [1.165, 1.54) is 0 Å². The molecule has 1 atom stereocenters. The van der Waals surface area contributed by atoms with Crippen molar-refractivity contribution in [2.45, 2.75) is 39.8 Å². The third kappa shape index (κ3) is 3.72. The Bertz CT molecular complexity index is 943. The second-order valence-corrected chi connectivity index (χ2v) is 7.52. The molecule has 1 aliphatic rings. The second-order valence-electron chi connectivity index (χ2n) is 7.52. The van der Waals surface area contributed by atoms with E-state index in [0.29, 0.717) is 5.92 Å². The van der Waals surface area contributed by atoms with Crippen molar-refractivity contribution in [1.29, 1.82) is 0 Å². The van der Waals surface area contributed by atoms with Crippen LogP contribution in [-0.4, -0.2) is 43.2 Å². The highest BCUT2D eigenvalue weighted by Crippen LogP contribution is 2.32. The lowest BCUT2D eigenvalue weighted by Crippen LogP contribution is -2.39. The molecular weight excluding hydrogens is 350 g/mol. The van der Waals surface area contributed by atoms with E-state index in [9.17, 15) is 4.79 Å². The lowest BCUT2D eigenvalue weighted by atomic mass is 9.97. The molecule has 0 N–H and O–H groups in total. The Labute approximate surface area is 165 Å². The number of amides is 1. The third-order valence-corrected chi connectivity index (χ3v) is 5.53. The van der Waals surface area contributed by atoms with Crippen molar-refractivity contribution < 1.29 is 4.79 Å². The number of aromatic nitrogens is 4. The zero-order chi connectivity index (χ0) is 19.5. The Morgan fingerprint density at radius 3 is 2.75 bits per heavy atom. The zero-order valence-corrected chi connectivity index (χ0v) is 16.6. The molecule has 6 heteroatoms. The van der Waals surface area contributed by atoms with Crippen molar-refractivity contribution in [3.05, 3.63) is 49.1 Å².